The molecule has 0 radical (unpaired) electrons. The van der Waals surface area contributed by atoms with Gasteiger partial charge in [-0.3, -0.25) is 9.59 Å². The first-order chi connectivity index (χ1) is 16.5. The summed E-state index contributed by atoms with van der Waals surface area (Å²) in [4.78, 5) is 27.6. The Kier molecular flexibility index (Phi) is 9.10. The molecule has 1 fully saturated rings. The number of carbonyl (C=O) groups excluding carboxylic acids is 2. The third-order valence-electron chi connectivity index (χ3n) is 5.67. The maximum atomic E-state index is 13.1. The zero-order valence-corrected chi connectivity index (χ0v) is 20.1. The summed E-state index contributed by atoms with van der Waals surface area (Å²) in [6.45, 7) is 5.74. The summed E-state index contributed by atoms with van der Waals surface area (Å²) in [5, 5.41) is 11.1. The van der Waals surface area contributed by atoms with Crippen LogP contribution in [0, 0.1) is 0 Å². The Bertz CT molecular complexity index is 1020. The Morgan fingerprint density at radius 3 is 2.41 bits per heavy atom. The molecule has 1 atom stereocenters. The zero-order valence-electron chi connectivity index (χ0n) is 20.1. The van der Waals surface area contributed by atoms with Gasteiger partial charge in [-0.05, 0) is 37.5 Å². The molecule has 3 rings (SSSR count). The average Bonchev–Trinajstić information content (AvgIpc) is 3.10. The number of likely N-dealkylation sites (tertiary alicyclic amines) is 1. The van der Waals surface area contributed by atoms with Crippen molar-refractivity contribution in [3.63, 3.8) is 0 Å². The van der Waals surface area contributed by atoms with Gasteiger partial charge in [0.05, 0.1) is 24.8 Å². The van der Waals surface area contributed by atoms with Gasteiger partial charge < -0.3 is 24.2 Å². The summed E-state index contributed by atoms with van der Waals surface area (Å²) in [5.74, 6) is -0.388. The summed E-state index contributed by atoms with van der Waals surface area (Å²) in [7, 11) is 1.59. The van der Waals surface area contributed by atoms with E-state index in [1.165, 1.54) is 4.90 Å². The van der Waals surface area contributed by atoms with Crippen LogP contribution in [-0.4, -0.2) is 55.2 Å². The number of aliphatic hydroxyl groups is 1. The minimum absolute atomic E-state index is 0.0655. The molecule has 182 valence electrons. The van der Waals surface area contributed by atoms with Crippen molar-refractivity contribution in [3.05, 3.63) is 65.2 Å². The predicted molar refractivity (Wildman–Crippen MR) is 130 cm³/mol. The lowest BCUT2D eigenvalue weighted by molar-refractivity contribution is -0.140. The molecular formula is C27H33NO6. The molecule has 7 nitrogen and oxygen atoms in total. The first-order valence-corrected chi connectivity index (χ1v) is 11.8. The number of aliphatic hydroxyl groups excluding tert-OH is 1. The number of nitrogens with zero attached hydrogens (tertiary/aromatic N) is 1. The summed E-state index contributed by atoms with van der Waals surface area (Å²) < 4.78 is 16.9. The fourth-order valence-corrected chi connectivity index (χ4v) is 4.00. The molecule has 1 aliphatic rings. The summed E-state index contributed by atoms with van der Waals surface area (Å²) in [6, 6.07) is 13.5. The minimum atomic E-state index is -0.749. The highest BCUT2D eigenvalue weighted by atomic mass is 16.5. The first-order valence-electron chi connectivity index (χ1n) is 11.8. The van der Waals surface area contributed by atoms with E-state index in [0.29, 0.717) is 55.4 Å². The van der Waals surface area contributed by atoms with E-state index in [4.69, 9.17) is 14.2 Å². The van der Waals surface area contributed by atoms with Crippen LogP contribution >= 0.6 is 0 Å². The van der Waals surface area contributed by atoms with Crippen LogP contribution in [0.4, 0.5) is 0 Å². The van der Waals surface area contributed by atoms with Crippen molar-refractivity contribution < 1.29 is 28.9 Å². The quantitative estimate of drug-likeness (QED) is 0.210. The van der Waals surface area contributed by atoms with Gasteiger partial charge in [0, 0.05) is 25.8 Å². The normalized spacial score (nSPS) is 17.3. The van der Waals surface area contributed by atoms with E-state index in [9.17, 15) is 14.7 Å². The van der Waals surface area contributed by atoms with Gasteiger partial charge in [-0.2, -0.15) is 0 Å². The van der Waals surface area contributed by atoms with Crippen LogP contribution in [0.25, 0.3) is 5.76 Å². The molecule has 0 spiro atoms. The van der Waals surface area contributed by atoms with E-state index >= 15 is 0 Å². The number of hydrogen-bond acceptors (Lipinski definition) is 6. The van der Waals surface area contributed by atoms with Gasteiger partial charge >= 0.3 is 0 Å². The fourth-order valence-electron chi connectivity index (χ4n) is 4.00. The van der Waals surface area contributed by atoms with Crippen molar-refractivity contribution in [2.45, 2.75) is 39.2 Å². The van der Waals surface area contributed by atoms with Gasteiger partial charge in [-0.1, -0.05) is 49.7 Å². The van der Waals surface area contributed by atoms with Crippen molar-refractivity contribution >= 4 is 17.4 Å². The van der Waals surface area contributed by atoms with Gasteiger partial charge in [0.25, 0.3) is 11.7 Å². The smallest absolute Gasteiger partial charge is 0.295 e. The van der Waals surface area contributed by atoms with Crippen LogP contribution in [0.15, 0.2) is 54.1 Å². The number of hydrogen-bond donors (Lipinski definition) is 1. The Labute approximate surface area is 200 Å². The Balaban J connectivity index is 2.09. The molecule has 0 aliphatic carbocycles. The van der Waals surface area contributed by atoms with Crippen LogP contribution in [0.2, 0.25) is 0 Å². The molecule has 1 N–H and O–H groups in total. The number of ether oxygens (including phenoxy) is 3. The number of Topliss-reactive ketones (excluding diaryl/α,β-unsaturated/α-hetero) is 1. The summed E-state index contributed by atoms with van der Waals surface area (Å²) >= 11 is 0. The third-order valence-corrected chi connectivity index (χ3v) is 5.67. The number of benzene rings is 2. The SMILES string of the molecule is CCCCOc1ccc(C2C(=C(O)c3ccccc3)C(=O)C(=O)N2CCCOC)cc1OCC. The molecule has 1 saturated heterocycles. The number of ketones is 1. The second kappa shape index (κ2) is 12.2. The van der Waals surface area contributed by atoms with E-state index < -0.39 is 17.7 Å². The molecule has 2 aromatic rings. The second-order valence-electron chi connectivity index (χ2n) is 8.05. The molecule has 1 unspecified atom stereocenters. The van der Waals surface area contributed by atoms with Crippen LogP contribution in [0.5, 0.6) is 11.5 Å². The molecule has 7 heteroatoms. The maximum absolute atomic E-state index is 13.1. The first kappa shape index (κ1) is 25.3. The van der Waals surface area contributed by atoms with Crippen molar-refractivity contribution in [2.75, 3.05) is 33.5 Å². The number of amides is 1. The zero-order chi connectivity index (χ0) is 24.5. The van der Waals surface area contributed by atoms with E-state index in [-0.39, 0.29) is 11.3 Å². The van der Waals surface area contributed by atoms with Crippen LogP contribution in [0.3, 0.4) is 0 Å². The summed E-state index contributed by atoms with van der Waals surface area (Å²) in [5.41, 5.74) is 1.21. The predicted octanol–water partition coefficient (Wildman–Crippen LogP) is 4.72. The van der Waals surface area contributed by atoms with E-state index in [2.05, 4.69) is 6.92 Å². The van der Waals surface area contributed by atoms with Gasteiger partial charge in [-0.15, -0.1) is 0 Å². The van der Waals surface area contributed by atoms with Crippen molar-refractivity contribution in [3.8, 4) is 11.5 Å². The van der Waals surface area contributed by atoms with Crippen LogP contribution in [0.1, 0.15) is 50.3 Å². The van der Waals surface area contributed by atoms with Crippen LogP contribution < -0.4 is 9.47 Å². The van der Waals surface area contributed by atoms with Gasteiger partial charge in [0.15, 0.2) is 11.5 Å². The molecule has 0 saturated carbocycles. The van der Waals surface area contributed by atoms with Gasteiger partial charge in [0.1, 0.15) is 5.76 Å². The number of unbranched alkanes of at least 4 members (excludes halogenated alkanes) is 1. The maximum Gasteiger partial charge on any atom is 0.295 e. The molecule has 1 heterocycles. The molecule has 1 aliphatic heterocycles. The van der Waals surface area contributed by atoms with Crippen molar-refractivity contribution in [2.24, 2.45) is 0 Å². The van der Waals surface area contributed by atoms with Gasteiger partial charge in [-0.25, -0.2) is 0 Å². The average molecular weight is 468 g/mol. The third kappa shape index (κ3) is 5.59. The highest BCUT2D eigenvalue weighted by Gasteiger charge is 2.46. The fraction of sp³-hybridized carbons (Fsp3) is 0.407. The highest BCUT2D eigenvalue weighted by Crippen LogP contribution is 2.42. The lowest BCUT2D eigenvalue weighted by atomic mass is 9.95. The largest absolute Gasteiger partial charge is 0.507 e. The molecule has 0 aromatic heterocycles. The molecular weight excluding hydrogens is 434 g/mol. The minimum Gasteiger partial charge on any atom is -0.507 e. The Hall–Kier alpha value is -3.32. The monoisotopic (exact) mass is 467 g/mol. The lowest BCUT2D eigenvalue weighted by Crippen LogP contribution is -2.31. The standard InChI is InChI=1S/C27H33NO6/c1-4-6-17-34-21-14-13-20(18-22(21)33-5-2)24-23(25(29)19-11-8-7-9-12-19)26(30)27(31)28(24)15-10-16-32-3/h7-9,11-14,18,24,29H,4-6,10,15-17H2,1-3H3. The van der Waals surface area contributed by atoms with Gasteiger partial charge in [0.2, 0.25) is 0 Å². The molecule has 34 heavy (non-hydrogen) atoms. The Morgan fingerprint density at radius 1 is 0.971 bits per heavy atom. The molecule has 0 bridgehead atoms. The topological polar surface area (TPSA) is 85.3 Å². The van der Waals surface area contributed by atoms with E-state index in [1.807, 2.05) is 19.1 Å². The number of rotatable bonds is 12. The van der Waals surface area contributed by atoms with E-state index in [0.717, 1.165) is 12.8 Å². The lowest BCUT2D eigenvalue weighted by Gasteiger charge is -2.26. The van der Waals surface area contributed by atoms with Crippen LogP contribution in [-0.2, 0) is 14.3 Å². The van der Waals surface area contributed by atoms with Crippen molar-refractivity contribution in [1.82, 2.24) is 4.90 Å². The highest BCUT2D eigenvalue weighted by molar-refractivity contribution is 6.46. The summed E-state index contributed by atoms with van der Waals surface area (Å²) in [6.07, 6.45) is 2.49. The number of methoxy groups -OCH3 is 1. The molecule has 2 aromatic carbocycles. The van der Waals surface area contributed by atoms with E-state index in [1.54, 1.807) is 43.5 Å². The molecule has 1 amide bonds. The van der Waals surface area contributed by atoms with Crippen molar-refractivity contribution in [1.29, 1.82) is 0 Å². The second-order valence-corrected chi connectivity index (χ2v) is 8.05. The number of carbonyl (C=O) groups is 2. The Morgan fingerprint density at radius 2 is 1.74 bits per heavy atom.